The largest absolute Gasteiger partial charge is 0.488 e. The zero-order valence-corrected chi connectivity index (χ0v) is 16.5. The van der Waals surface area contributed by atoms with Gasteiger partial charge in [-0.2, -0.15) is 5.10 Å². The molecule has 0 aliphatic rings. The monoisotopic (exact) mass is 428 g/mol. The van der Waals surface area contributed by atoms with Crippen LogP contribution in [0.15, 0.2) is 26.8 Å². The number of hydrazone groups is 1. The number of nitrogens with one attached hydrogen (secondary N) is 4. The predicted molar refractivity (Wildman–Crippen MR) is 107 cm³/mol. The second-order valence-electron chi connectivity index (χ2n) is 5.81. The van der Waals surface area contributed by atoms with Crippen molar-refractivity contribution >= 4 is 41.1 Å². The molecular formula is C16H18Cl2N6O4. The summed E-state index contributed by atoms with van der Waals surface area (Å²) in [6.07, 6.45) is 1.32. The Hall–Kier alpha value is -2.85. The van der Waals surface area contributed by atoms with Crippen molar-refractivity contribution in [1.29, 1.82) is 0 Å². The molecule has 0 fully saturated rings. The van der Waals surface area contributed by atoms with E-state index in [2.05, 4.69) is 26.0 Å². The third kappa shape index (κ3) is 6.39. The molecule has 0 aliphatic heterocycles. The van der Waals surface area contributed by atoms with E-state index in [4.69, 9.17) is 27.9 Å². The van der Waals surface area contributed by atoms with Gasteiger partial charge in [0.05, 0.1) is 22.4 Å². The van der Waals surface area contributed by atoms with Crippen molar-refractivity contribution in [3.05, 3.63) is 48.6 Å². The van der Waals surface area contributed by atoms with Gasteiger partial charge in [-0.1, -0.05) is 23.2 Å². The van der Waals surface area contributed by atoms with Crippen molar-refractivity contribution in [2.24, 2.45) is 5.10 Å². The number of carbonyl (C=O) groups is 1. The van der Waals surface area contributed by atoms with Gasteiger partial charge in [-0.3, -0.25) is 14.6 Å². The van der Waals surface area contributed by atoms with Crippen molar-refractivity contribution in [3.63, 3.8) is 0 Å². The van der Waals surface area contributed by atoms with Crippen LogP contribution in [-0.2, 0) is 4.79 Å². The first kappa shape index (κ1) is 21.5. The summed E-state index contributed by atoms with van der Waals surface area (Å²) >= 11 is 12.3. The molecule has 4 N–H and O–H groups in total. The van der Waals surface area contributed by atoms with Crippen LogP contribution >= 0.6 is 23.2 Å². The third-order valence-corrected chi connectivity index (χ3v) is 3.69. The molecular weight excluding hydrogens is 411 g/mol. The van der Waals surface area contributed by atoms with Crippen LogP contribution in [0.1, 0.15) is 25.8 Å². The second kappa shape index (κ2) is 9.90. The van der Waals surface area contributed by atoms with Gasteiger partial charge in [-0.05, 0) is 31.5 Å². The minimum atomic E-state index is -0.716. The standard InChI is InChI=1S/C16H18Cl2N6O4/c1-8(2)28-13-10(17)5-9(6-11(13)18)7-20-22-12(25)3-4-19-14-15(26)21-16(27)24-23-14/h5-8H,3-4H2,1-2H3,(H,19,23)(H,22,25)(H2,21,24,26,27)/b20-7+. The van der Waals surface area contributed by atoms with E-state index in [9.17, 15) is 14.4 Å². The Morgan fingerprint density at radius 3 is 2.61 bits per heavy atom. The highest BCUT2D eigenvalue weighted by atomic mass is 35.5. The molecule has 28 heavy (non-hydrogen) atoms. The van der Waals surface area contributed by atoms with Crippen LogP contribution in [0.3, 0.4) is 0 Å². The molecule has 0 atom stereocenters. The van der Waals surface area contributed by atoms with Crippen LogP contribution < -0.4 is 26.7 Å². The van der Waals surface area contributed by atoms with Crippen LogP contribution in [0.5, 0.6) is 5.75 Å². The first-order valence-electron chi connectivity index (χ1n) is 8.16. The lowest BCUT2D eigenvalue weighted by atomic mass is 10.2. The summed E-state index contributed by atoms with van der Waals surface area (Å²) in [4.78, 5) is 36.1. The van der Waals surface area contributed by atoms with Gasteiger partial charge < -0.3 is 10.1 Å². The molecule has 10 nitrogen and oxygen atoms in total. The predicted octanol–water partition coefficient (Wildman–Crippen LogP) is 1.50. The van der Waals surface area contributed by atoms with Crippen molar-refractivity contribution < 1.29 is 9.53 Å². The Morgan fingerprint density at radius 2 is 2.00 bits per heavy atom. The third-order valence-electron chi connectivity index (χ3n) is 3.13. The van der Waals surface area contributed by atoms with E-state index in [0.29, 0.717) is 21.4 Å². The molecule has 0 saturated heterocycles. The van der Waals surface area contributed by atoms with Crippen molar-refractivity contribution in [2.45, 2.75) is 26.4 Å². The minimum Gasteiger partial charge on any atom is -0.488 e. The second-order valence-corrected chi connectivity index (χ2v) is 6.62. The van der Waals surface area contributed by atoms with Crippen molar-refractivity contribution in [3.8, 4) is 5.75 Å². The van der Waals surface area contributed by atoms with Gasteiger partial charge >= 0.3 is 5.69 Å². The Bertz CT molecular complexity index is 963. The van der Waals surface area contributed by atoms with Crippen LogP contribution in [0.4, 0.5) is 5.82 Å². The van der Waals surface area contributed by atoms with Gasteiger partial charge in [0, 0.05) is 13.0 Å². The topological polar surface area (TPSA) is 141 Å². The van der Waals surface area contributed by atoms with E-state index in [1.165, 1.54) is 6.21 Å². The van der Waals surface area contributed by atoms with Gasteiger partial charge in [-0.25, -0.2) is 15.3 Å². The maximum Gasteiger partial charge on any atom is 0.342 e. The molecule has 0 unspecified atom stereocenters. The highest BCUT2D eigenvalue weighted by molar-refractivity contribution is 6.37. The molecule has 1 amide bonds. The van der Waals surface area contributed by atoms with Crippen molar-refractivity contribution in [1.82, 2.24) is 20.6 Å². The smallest absolute Gasteiger partial charge is 0.342 e. The Balaban J connectivity index is 1.86. The van der Waals surface area contributed by atoms with Gasteiger partial charge in [-0.15, -0.1) is 5.10 Å². The average Bonchev–Trinajstić information content (AvgIpc) is 2.60. The Labute approximate surface area is 169 Å². The summed E-state index contributed by atoms with van der Waals surface area (Å²) in [6.45, 7) is 3.83. The first-order valence-corrected chi connectivity index (χ1v) is 8.92. The summed E-state index contributed by atoms with van der Waals surface area (Å²) in [5.41, 5.74) is 1.52. The van der Waals surface area contributed by atoms with Crippen molar-refractivity contribution in [2.75, 3.05) is 11.9 Å². The molecule has 0 bridgehead atoms. The molecule has 1 heterocycles. The quantitative estimate of drug-likeness (QED) is 0.370. The number of benzene rings is 1. The van der Waals surface area contributed by atoms with Gasteiger partial charge in [0.15, 0.2) is 5.75 Å². The molecule has 1 aromatic heterocycles. The average molecular weight is 429 g/mol. The molecule has 0 aliphatic carbocycles. The zero-order chi connectivity index (χ0) is 20.7. The summed E-state index contributed by atoms with van der Waals surface area (Å²) in [5.74, 6) is -0.109. The zero-order valence-electron chi connectivity index (χ0n) is 15.0. The molecule has 2 aromatic rings. The fourth-order valence-corrected chi connectivity index (χ4v) is 2.59. The number of carbonyl (C=O) groups excluding carboxylic acids is 1. The van der Waals surface area contributed by atoms with E-state index in [1.54, 1.807) is 12.1 Å². The van der Waals surface area contributed by atoms with Gasteiger partial charge in [0.25, 0.3) is 5.56 Å². The molecule has 1 aromatic carbocycles. The fourth-order valence-electron chi connectivity index (χ4n) is 2.00. The van der Waals surface area contributed by atoms with Crippen LogP contribution in [0.25, 0.3) is 0 Å². The number of aromatic amines is 2. The number of hydrogen-bond acceptors (Lipinski definition) is 7. The number of amides is 1. The Morgan fingerprint density at radius 1 is 1.32 bits per heavy atom. The summed E-state index contributed by atoms with van der Waals surface area (Å²) in [5, 5.41) is 12.7. The van der Waals surface area contributed by atoms with Gasteiger partial charge in [0.2, 0.25) is 11.7 Å². The number of ether oxygens (including phenoxy) is 1. The summed E-state index contributed by atoms with van der Waals surface area (Å²) < 4.78 is 5.53. The van der Waals surface area contributed by atoms with Crippen LogP contribution in [-0.4, -0.2) is 40.0 Å². The maximum atomic E-state index is 11.8. The number of aromatic nitrogens is 3. The summed E-state index contributed by atoms with van der Waals surface area (Å²) in [6, 6.07) is 3.22. The van der Waals surface area contributed by atoms with E-state index in [0.717, 1.165) is 0 Å². The highest BCUT2D eigenvalue weighted by Crippen LogP contribution is 2.34. The fraction of sp³-hybridized carbons (Fsp3) is 0.312. The lowest BCUT2D eigenvalue weighted by Crippen LogP contribution is -2.28. The molecule has 2 rings (SSSR count). The number of nitrogens with zero attached hydrogens (tertiary/aromatic N) is 2. The first-order chi connectivity index (χ1) is 13.3. The normalized spacial score (nSPS) is 11.0. The number of halogens is 2. The minimum absolute atomic E-state index is 0.0142. The Kier molecular flexibility index (Phi) is 7.59. The SMILES string of the molecule is CC(C)Oc1c(Cl)cc(/C=N/NC(=O)CCNc2n[nH]c(=O)[nH]c2=O)cc1Cl. The van der Waals surface area contributed by atoms with Gasteiger partial charge in [0.1, 0.15) is 0 Å². The van der Waals surface area contributed by atoms with E-state index >= 15 is 0 Å². The molecule has 12 heteroatoms. The van der Waals surface area contributed by atoms with Crippen LogP contribution in [0, 0.1) is 0 Å². The molecule has 0 spiro atoms. The molecule has 0 radical (unpaired) electrons. The van der Waals surface area contributed by atoms with E-state index in [1.807, 2.05) is 18.8 Å². The van der Waals surface area contributed by atoms with E-state index < -0.39 is 17.2 Å². The van der Waals surface area contributed by atoms with E-state index in [-0.39, 0.29) is 24.9 Å². The maximum absolute atomic E-state index is 11.8. The lowest BCUT2D eigenvalue weighted by Gasteiger charge is -2.13. The molecule has 150 valence electrons. The van der Waals surface area contributed by atoms with Crippen LogP contribution in [0.2, 0.25) is 10.0 Å². The number of rotatable bonds is 8. The highest BCUT2D eigenvalue weighted by Gasteiger charge is 2.11. The number of anilines is 1. The summed E-state index contributed by atoms with van der Waals surface area (Å²) in [7, 11) is 0. The number of hydrogen-bond donors (Lipinski definition) is 4. The number of H-pyrrole nitrogens is 2. The lowest BCUT2D eigenvalue weighted by molar-refractivity contribution is -0.120. The molecule has 0 saturated carbocycles.